The van der Waals surface area contributed by atoms with Gasteiger partial charge in [-0.3, -0.25) is 14.4 Å². The van der Waals surface area contributed by atoms with Crippen LogP contribution in [0.25, 0.3) is 66.1 Å². The van der Waals surface area contributed by atoms with Crippen LogP contribution in [0.2, 0.25) is 0 Å². The number of nitrogens with one attached hydrogen (secondary N) is 1. The van der Waals surface area contributed by atoms with E-state index in [1.807, 2.05) is 32.6 Å². The Morgan fingerprint density at radius 1 is 0.450 bits per heavy atom. The van der Waals surface area contributed by atoms with Gasteiger partial charge in [0.05, 0.1) is 24.3 Å². The number of para-hydroxylation sites is 3. The second kappa shape index (κ2) is 27.3. The number of carbonyl (C=O) groups is 3. The molecule has 3 saturated carbocycles. The topological polar surface area (TPSA) is 277 Å². The Morgan fingerprint density at radius 3 is 1.26 bits per heavy atom. The molecule has 0 spiro atoms. The van der Waals surface area contributed by atoms with E-state index in [0.717, 1.165) is 126 Å². The summed E-state index contributed by atoms with van der Waals surface area (Å²) in [6.45, 7) is 6.48. The molecule has 0 radical (unpaired) electrons. The highest BCUT2D eigenvalue weighted by Gasteiger charge is 2.45. The van der Waals surface area contributed by atoms with Crippen molar-refractivity contribution < 1.29 is 19.1 Å². The van der Waals surface area contributed by atoms with Gasteiger partial charge in [-0.1, -0.05) is 141 Å². The number of H-pyrrole nitrogens is 1. The molecule has 9 N–H and O–H groups in total. The highest BCUT2D eigenvalue weighted by Crippen LogP contribution is 2.54. The number of piperazine rings is 1. The molecule has 3 aliphatic carbocycles. The van der Waals surface area contributed by atoms with Gasteiger partial charge in [0.25, 0.3) is 5.91 Å². The third kappa shape index (κ3) is 12.3. The zero-order chi connectivity index (χ0) is 68.5. The summed E-state index contributed by atoms with van der Waals surface area (Å²) in [7, 11) is 2.11. The van der Waals surface area contributed by atoms with Gasteiger partial charge in [0.1, 0.15) is 13.1 Å². The lowest BCUT2D eigenvalue weighted by Gasteiger charge is -2.43. The molecule has 506 valence electrons. The van der Waals surface area contributed by atoms with E-state index >= 15 is 0 Å². The van der Waals surface area contributed by atoms with Crippen molar-refractivity contribution in [3.63, 3.8) is 0 Å². The Morgan fingerprint density at radius 2 is 0.850 bits per heavy atom. The standard InChI is InChI=1S/C28H30N6O.C28H29N5O2.C24H23N5O/c1-33-12-14-34(15-13-33)26(35)23-5-2-4-22-24(18-30-25(22)23)28(10-3-11-28)21-8-6-19(7-9-21)20-16-31-27(29)32-17-20;29-27-30-16-21(17-31-27)20-6-8-22(9-7-20)28(10-3-11-28)24-18-33(25-5-2-1-4-23(24)25)19-26(34)32-12-14-35-15-13-32;25-22(30)15-29-14-20(19-4-1-2-5-21(19)29)24(10-3-11-24)18-8-6-16(7-9-18)17-12-27-23(26)28-13-17/h2,4-9,16-18,30H,3,10-15H2,1H3,(H2,29,31,32);1-2,4-9,16-18H,3,10-15,19H2,(H2,29,30,31);1-2,4-9,12-14H,3,10-11,15H2,(H2,25,30)(H2,26,27,28). The zero-order valence-corrected chi connectivity index (χ0v) is 56.3. The number of fused-ring (bicyclic) bond motifs is 3. The maximum absolute atomic E-state index is 13.4. The molecule has 20 heteroatoms. The number of aromatic amines is 1. The van der Waals surface area contributed by atoms with E-state index in [-0.39, 0.29) is 58.4 Å². The maximum atomic E-state index is 13.4. The molecular formula is C80H82N16O4. The zero-order valence-electron chi connectivity index (χ0n) is 56.3. The van der Waals surface area contributed by atoms with E-state index in [1.54, 1.807) is 37.2 Å². The van der Waals surface area contributed by atoms with Crippen LogP contribution in [0, 0.1) is 0 Å². The normalized spacial score (nSPS) is 16.9. The number of rotatable bonds is 14. The summed E-state index contributed by atoms with van der Waals surface area (Å²) in [6, 6.07) is 49.0. The molecule has 100 heavy (non-hydrogen) atoms. The monoisotopic (exact) mass is 1330 g/mol. The van der Waals surface area contributed by atoms with Crippen LogP contribution < -0.4 is 22.9 Å². The molecule has 5 aliphatic rings. The Labute approximate surface area is 580 Å². The molecule has 12 aromatic rings. The SMILES string of the molecule is CN1CCN(C(=O)c2cccc3c(C4(c5ccc(-c6cnc(N)nc6)cc5)CCC4)c[nH]c23)CC1.NC(=O)Cn1cc(C2(c3ccc(-c4cnc(N)nc4)cc3)CCC2)c2ccccc21.Nc1ncc(-c2ccc(C3(c4cn(CC(=O)N5CCOCC5)c5ccccc45)CCC3)cc2)cn1. The number of aromatic nitrogens is 9. The van der Waals surface area contributed by atoms with Gasteiger partial charge in [0, 0.05) is 155 Å². The van der Waals surface area contributed by atoms with Crippen LogP contribution in [0.4, 0.5) is 17.8 Å². The van der Waals surface area contributed by atoms with E-state index in [2.05, 4.69) is 191 Å². The number of nitrogen functional groups attached to an aromatic ring is 3. The first-order valence-corrected chi connectivity index (χ1v) is 34.7. The fourth-order valence-corrected chi connectivity index (χ4v) is 15.8. The van der Waals surface area contributed by atoms with Crippen molar-refractivity contribution in [2.45, 2.75) is 87.1 Å². The van der Waals surface area contributed by atoms with Crippen molar-refractivity contribution in [3.8, 4) is 33.4 Å². The number of benzene rings is 6. The van der Waals surface area contributed by atoms with Crippen LogP contribution >= 0.6 is 0 Å². The van der Waals surface area contributed by atoms with E-state index in [1.165, 1.54) is 63.4 Å². The second-order valence-corrected chi connectivity index (χ2v) is 27.4. The lowest BCUT2D eigenvalue weighted by atomic mass is 9.60. The summed E-state index contributed by atoms with van der Waals surface area (Å²) in [4.78, 5) is 72.3. The fourth-order valence-electron chi connectivity index (χ4n) is 15.8. The van der Waals surface area contributed by atoms with Crippen LogP contribution in [-0.4, -0.2) is 136 Å². The second-order valence-electron chi connectivity index (χ2n) is 27.4. The number of primary amides is 1. The number of hydrogen-bond donors (Lipinski definition) is 5. The van der Waals surface area contributed by atoms with Gasteiger partial charge in [-0.15, -0.1) is 0 Å². The van der Waals surface area contributed by atoms with E-state index < -0.39 is 0 Å². The Hall–Kier alpha value is -11.1. The molecule has 8 heterocycles. The fraction of sp³-hybridized carbons (Fsp3) is 0.287. The van der Waals surface area contributed by atoms with Gasteiger partial charge in [-0.05, 0) is 114 Å². The van der Waals surface area contributed by atoms with Crippen LogP contribution in [0.1, 0.15) is 102 Å². The molecule has 2 aliphatic heterocycles. The number of amides is 3. The third-order valence-electron chi connectivity index (χ3n) is 21.8. The Bertz CT molecular complexity index is 4920. The summed E-state index contributed by atoms with van der Waals surface area (Å²) < 4.78 is 9.54. The smallest absolute Gasteiger partial charge is 0.256 e. The average molecular weight is 1330 g/mol. The van der Waals surface area contributed by atoms with Crippen LogP contribution in [0.3, 0.4) is 0 Å². The number of ether oxygens (including phenoxy) is 1. The van der Waals surface area contributed by atoms with Gasteiger partial charge in [0.15, 0.2) is 0 Å². The van der Waals surface area contributed by atoms with Crippen molar-refractivity contribution in [1.29, 1.82) is 0 Å². The first kappa shape index (κ1) is 64.9. The number of carbonyl (C=O) groups excluding carboxylic acids is 3. The quantitative estimate of drug-likeness (QED) is 0.0677. The minimum absolute atomic E-state index is 0.0378. The minimum atomic E-state index is -0.333. The van der Waals surface area contributed by atoms with Crippen LogP contribution in [-0.2, 0) is 43.7 Å². The summed E-state index contributed by atoms with van der Waals surface area (Å²) >= 11 is 0. The molecule has 3 amide bonds. The highest BCUT2D eigenvalue weighted by molar-refractivity contribution is 6.07. The lowest BCUT2D eigenvalue weighted by molar-refractivity contribution is -0.135. The van der Waals surface area contributed by atoms with E-state index in [4.69, 9.17) is 27.7 Å². The van der Waals surface area contributed by atoms with Crippen LogP contribution in [0.5, 0.6) is 0 Å². The Kier molecular flexibility index (Phi) is 17.7. The number of likely N-dealkylation sites (N-methyl/N-ethyl adjacent to an activating group) is 1. The molecule has 0 bridgehead atoms. The molecule has 20 nitrogen and oxygen atoms in total. The molecule has 0 atom stereocenters. The molecule has 6 aromatic heterocycles. The maximum Gasteiger partial charge on any atom is 0.256 e. The highest BCUT2D eigenvalue weighted by atomic mass is 16.5. The van der Waals surface area contributed by atoms with Crippen molar-refractivity contribution in [1.82, 2.24) is 58.7 Å². The largest absolute Gasteiger partial charge is 0.378 e. The Balaban J connectivity index is 0.000000122. The summed E-state index contributed by atoms with van der Waals surface area (Å²) in [5.74, 6) is 0.773. The van der Waals surface area contributed by atoms with Crippen molar-refractivity contribution in [3.05, 3.63) is 234 Å². The van der Waals surface area contributed by atoms with Crippen molar-refractivity contribution in [2.75, 3.05) is 76.7 Å². The number of nitrogens with two attached hydrogens (primary N) is 4. The molecule has 6 aromatic carbocycles. The van der Waals surface area contributed by atoms with Crippen LogP contribution in [0.15, 0.2) is 195 Å². The van der Waals surface area contributed by atoms with Gasteiger partial charge >= 0.3 is 0 Å². The lowest BCUT2D eigenvalue weighted by Crippen LogP contribution is -2.47. The summed E-state index contributed by atoms with van der Waals surface area (Å²) in [5, 5.41) is 3.58. The van der Waals surface area contributed by atoms with Crippen molar-refractivity contribution in [2.24, 2.45) is 5.73 Å². The molecule has 17 rings (SSSR count). The van der Waals surface area contributed by atoms with E-state index in [0.29, 0.717) is 32.8 Å². The predicted octanol–water partition coefficient (Wildman–Crippen LogP) is 11.7. The predicted molar refractivity (Wildman–Crippen MR) is 392 cm³/mol. The van der Waals surface area contributed by atoms with Gasteiger partial charge in [-0.2, -0.15) is 0 Å². The van der Waals surface area contributed by atoms with Gasteiger partial charge < -0.3 is 56.5 Å². The third-order valence-corrected chi connectivity index (χ3v) is 21.8. The van der Waals surface area contributed by atoms with Crippen molar-refractivity contribution >= 4 is 68.3 Å². The summed E-state index contributed by atoms with van der Waals surface area (Å²) in [5.41, 5.74) is 40.0. The minimum Gasteiger partial charge on any atom is -0.378 e. The molecule has 0 unspecified atom stereocenters. The first-order valence-electron chi connectivity index (χ1n) is 34.7. The van der Waals surface area contributed by atoms with E-state index in [9.17, 15) is 14.4 Å². The summed E-state index contributed by atoms with van der Waals surface area (Å²) in [6.07, 6.45) is 27.1. The average Bonchev–Trinajstić information content (AvgIpc) is 1.49. The molecule has 2 saturated heterocycles. The van der Waals surface area contributed by atoms with Gasteiger partial charge in [0.2, 0.25) is 29.7 Å². The number of nitrogens with zero attached hydrogens (tertiary/aromatic N) is 11. The molecule has 5 fully saturated rings. The number of anilines is 3. The van der Waals surface area contributed by atoms with Gasteiger partial charge in [-0.25, -0.2) is 29.9 Å². The molecular weight excluding hydrogens is 1250 g/mol. The number of morpholine rings is 1. The number of hydrogen-bond acceptors (Lipinski definition) is 14. The first-order chi connectivity index (χ1) is 48.8.